The van der Waals surface area contributed by atoms with E-state index in [4.69, 9.17) is 26.5 Å². The first-order chi connectivity index (χ1) is 10.1. The average molecular weight is 302 g/mol. The van der Waals surface area contributed by atoms with E-state index in [9.17, 15) is 4.79 Å². The van der Waals surface area contributed by atoms with Crippen molar-refractivity contribution in [1.29, 1.82) is 0 Å². The summed E-state index contributed by atoms with van der Waals surface area (Å²) < 4.78 is 10.9. The third kappa shape index (κ3) is 2.45. The number of hydrogen-bond acceptors (Lipinski definition) is 4. The quantitative estimate of drug-likeness (QED) is 0.733. The molecule has 4 nitrogen and oxygen atoms in total. The van der Waals surface area contributed by atoms with Gasteiger partial charge in [-0.1, -0.05) is 11.6 Å². The van der Waals surface area contributed by atoms with E-state index < -0.39 is 0 Å². The minimum Gasteiger partial charge on any atom is -0.495 e. The number of ether oxygens (including phenoxy) is 1. The molecule has 2 N–H and O–H groups in total. The highest BCUT2D eigenvalue weighted by atomic mass is 35.5. The molecule has 0 aliphatic rings. The summed E-state index contributed by atoms with van der Waals surface area (Å²) in [7, 11) is 1.55. The first-order valence-electron chi connectivity index (χ1n) is 6.26. The lowest BCUT2D eigenvalue weighted by Crippen LogP contribution is -2.00. The Kier molecular flexibility index (Phi) is 3.31. The van der Waals surface area contributed by atoms with Gasteiger partial charge in [0, 0.05) is 22.7 Å². The highest BCUT2D eigenvalue weighted by molar-refractivity contribution is 6.31. The molecular formula is C16H12ClNO3. The maximum atomic E-state index is 12.1. The van der Waals surface area contributed by atoms with Crippen molar-refractivity contribution in [1.82, 2.24) is 0 Å². The van der Waals surface area contributed by atoms with E-state index in [0.717, 1.165) is 0 Å². The van der Waals surface area contributed by atoms with E-state index in [-0.39, 0.29) is 5.43 Å². The minimum absolute atomic E-state index is 0.127. The molecule has 0 atom stereocenters. The number of nitrogens with two attached hydrogens (primary N) is 1. The normalized spacial score (nSPS) is 10.8. The Morgan fingerprint density at radius 3 is 2.67 bits per heavy atom. The van der Waals surface area contributed by atoms with Gasteiger partial charge in [0.1, 0.15) is 17.1 Å². The standard InChI is InChI=1S/C16H12ClNO3/c1-20-14-5-2-9(6-12(14)18)15-8-13(19)11-4-3-10(17)7-16(11)21-15/h2-8H,18H2,1H3. The fourth-order valence-electron chi connectivity index (χ4n) is 2.16. The Balaban J connectivity index is 2.21. The van der Waals surface area contributed by atoms with Crippen LogP contribution in [0.25, 0.3) is 22.3 Å². The van der Waals surface area contributed by atoms with Gasteiger partial charge in [-0.15, -0.1) is 0 Å². The Morgan fingerprint density at radius 1 is 1.14 bits per heavy atom. The number of benzene rings is 2. The predicted molar refractivity (Wildman–Crippen MR) is 83.9 cm³/mol. The summed E-state index contributed by atoms with van der Waals surface area (Å²) in [5, 5.41) is 1.00. The summed E-state index contributed by atoms with van der Waals surface area (Å²) in [5.41, 5.74) is 7.37. The van der Waals surface area contributed by atoms with Gasteiger partial charge >= 0.3 is 0 Å². The van der Waals surface area contributed by atoms with Gasteiger partial charge in [0.05, 0.1) is 18.2 Å². The van der Waals surface area contributed by atoms with E-state index in [1.807, 2.05) is 0 Å². The Hall–Kier alpha value is -2.46. The van der Waals surface area contributed by atoms with Gasteiger partial charge in [-0.05, 0) is 30.3 Å². The van der Waals surface area contributed by atoms with Crippen LogP contribution in [0.5, 0.6) is 5.75 Å². The number of anilines is 1. The first kappa shape index (κ1) is 13.5. The van der Waals surface area contributed by atoms with Crippen molar-refractivity contribution < 1.29 is 9.15 Å². The molecule has 3 aromatic rings. The van der Waals surface area contributed by atoms with Gasteiger partial charge in [0.25, 0.3) is 0 Å². The third-order valence-corrected chi connectivity index (χ3v) is 3.44. The number of nitrogen functional groups attached to an aromatic ring is 1. The van der Waals surface area contributed by atoms with Crippen molar-refractivity contribution in [2.75, 3.05) is 12.8 Å². The summed E-state index contributed by atoms with van der Waals surface area (Å²) in [6, 6.07) is 11.6. The smallest absolute Gasteiger partial charge is 0.193 e. The third-order valence-electron chi connectivity index (χ3n) is 3.21. The predicted octanol–water partition coefficient (Wildman–Crippen LogP) is 3.70. The van der Waals surface area contributed by atoms with E-state index >= 15 is 0 Å². The summed E-state index contributed by atoms with van der Waals surface area (Å²) in [4.78, 5) is 12.1. The maximum absolute atomic E-state index is 12.1. The van der Waals surface area contributed by atoms with Crippen LogP contribution in [-0.2, 0) is 0 Å². The molecule has 2 aromatic carbocycles. The van der Waals surface area contributed by atoms with Crippen LogP contribution < -0.4 is 15.9 Å². The Labute approximate surface area is 125 Å². The SMILES string of the molecule is COc1ccc(-c2cc(=O)c3ccc(Cl)cc3o2)cc1N. The second-order valence-corrected chi connectivity index (χ2v) is 5.01. The molecule has 3 rings (SSSR count). The van der Waals surface area contributed by atoms with Crippen molar-refractivity contribution in [3.8, 4) is 17.1 Å². The molecule has 106 valence electrons. The van der Waals surface area contributed by atoms with Crippen LogP contribution in [0.15, 0.2) is 51.7 Å². The molecule has 0 fully saturated rings. The number of fused-ring (bicyclic) bond motifs is 1. The number of hydrogen-bond donors (Lipinski definition) is 1. The number of rotatable bonds is 2. The lowest BCUT2D eigenvalue weighted by Gasteiger charge is -2.07. The van der Waals surface area contributed by atoms with E-state index in [1.54, 1.807) is 43.5 Å². The lowest BCUT2D eigenvalue weighted by atomic mass is 10.1. The van der Waals surface area contributed by atoms with E-state index in [2.05, 4.69) is 0 Å². The highest BCUT2D eigenvalue weighted by Crippen LogP contribution is 2.29. The fraction of sp³-hybridized carbons (Fsp3) is 0.0625. The molecule has 0 aliphatic heterocycles. The fourth-order valence-corrected chi connectivity index (χ4v) is 2.32. The molecule has 0 amide bonds. The van der Waals surface area contributed by atoms with Crippen LogP contribution >= 0.6 is 11.6 Å². The molecule has 0 radical (unpaired) electrons. The van der Waals surface area contributed by atoms with Crippen LogP contribution in [-0.4, -0.2) is 7.11 Å². The topological polar surface area (TPSA) is 65.5 Å². The molecule has 0 spiro atoms. The molecule has 0 saturated heterocycles. The van der Waals surface area contributed by atoms with Crippen molar-refractivity contribution in [3.63, 3.8) is 0 Å². The Bertz CT molecular complexity index is 886. The summed E-state index contributed by atoms with van der Waals surface area (Å²) in [6.45, 7) is 0. The van der Waals surface area contributed by atoms with Gasteiger partial charge in [0.2, 0.25) is 0 Å². The van der Waals surface area contributed by atoms with Crippen LogP contribution in [0.1, 0.15) is 0 Å². The second-order valence-electron chi connectivity index (χ2n) is 4.57. The molecular weight excluding hydrogens is 290 g/mol. The van der Waals surface area contributed by atoms with Gasteiger partial charge in [-0.2, -0.15) is 0 Å². The van der Waals surface area contributed by atoms with E-state index in [1.165, 1.54) is 6.07 Å². The van der Waals surface area contributed by atoms with Crippen LogP contribution in [0.2, 0.25) is 5.02 Å². The van der Waals surface area contributed by atoms with Crippen molar-refractivity contribution >= 4 is 28.3 Å². The monoisotopic (exact) mass is 301 g/mol. The van der Waals surface area contributed by atoms with Crippen LogP contribution in [0.4, 0.5) is 5.69 Å². The van der Waals surface area contributed by atoms with Crippen molar-refractivity contribution in [2.24, 2.45) is 0 Å². The molecule has 1 heterocycles. The van der Waals surface area contributed by atoms with Crippen LogP contribution in [0, 0.1) is 0 Å². The van der Waals surface area contributed by atoms with Gasteiger partial charge in [-0.3, -0.25) is 4.79 Å². The van der Waals surface area contributed by atoms with E-state index in [0.29, 0.717) is 38.8 Å². The first-order valence-corrected chi connectivity index (χ1v) is 6.63. The Morgan fingerprint density at radius 2 is 1.95 bits per heavy atom. The second kappa shape index (κ2) is 5.14. The summed E-state index contributed by atoms with van der Waals surface area (Å²) in [5.74, 6) is 1.01. The number of methoxy groups -OCH3 is 1. The zero-order valence-electron chi connectivity index (χ0n) is 11.2. The maximum Gasteiger partial charge on any atom is 0.193 e. The molecule has 0 saturated carbocycles. The molecule has 0 unspecified atom stereocenters. The minimum atomic E-state index is -0.127. The molecule has 5 heteroatoms. The summed E-state index contributed by atoms with van der Waals surface area (Å²) in [6.07, 6.45) is 0. The molecule has 0 bridgehead atoms. The molecule has 0 aliphatic carbocycles. The summed E-state index contributed by atoms with van der Waals surface area (Å²) >= 11 is 5.94. The lowest BCUT2D eigenvalue weighted by molar-refractivity contribution is 0.417. The molecule has 21 heavy (non-hydrogen) atoms. The largest absolute Gasteiger partial charge is 0.495 e. The van der Waals surface area contributed by atoms with Gasteiger partial charge in [-0.25, -0.2) is 0 Å². The van der Waals surface area contributed by atoms with Crippen LogP contribution in [0.3, 0.4) is 0 Å². The average Bonchev–Trinajstić information content (AvgIpc) is 2.46. The van der Waals surface area contributed by atoms with Gasteiger partial charge in [0.15, 0.2) is 5.43 Å². The highest BCUT2D eigenvalue weighted by Gasteiger charge is 2.09. The van der Waals surface area contributed by atoms with Crippen molar-refractivity contribution in [3.05, 3.63) is 57.7 Å². The zero-order chi connectivity index (χ0) is 15.0. The molecule has 1 aromatic heterocycles. The zero-order valence-corrected chi connectivity index (χ0v) is 12.0. The van der Waals surface area contributed by atoms with Crippen molar-refractivity contribution in [2.45, 2.75) is 0 Å². The van der Waals surface area contributed by atoms with Gasteiger partial charge < -0.3 is 14.9 Å². The number of halogens is 1.